The zero-order chi connectivity index (χ0) is 17.4. The summed E-state index contributed by atoms with van der Waals surface area (Å²) in [7, 11) is 0. The summed E-state index contributed by atoms with van der Waals surface area (Å²) < 4.78 is 28.5. The van der Waals surface area contributed by atoms with E-state index in [1.807, 2.05) is 12.1 Å². The highest BCUT2D eigenvalue weighted by Crippen LogP contribution is 2.18. The van der Waals surface area contributed by atoms with Gasteiger partial charge < -0.3 is 15.4 Å². The van der Waals surface area contributed by atoms with Crippen LogP contribution in [0.3, 0.4) is 0 Å². The lowest BCUT2D eigenvalue weighted by Gasteiger charge is -2.12. The van der Waals surface area contributed by atoms with Crippen molar-refractivity contribution < 1.29 is 13.5 Å². The Kier molecular flexibility index (Phi) is 6.93. The lowest BCUT2D eigenvalue weighted by Crippen LogP contribution is -2.19. The summed E-state index contributed by atoms with van der Waals surface area (Å²) in [4.78, 5) is 0. The molecule has 0 aliphatic heterocycles. The highest BCUT2D eigenvalue weighted by molar-refractivity contribution is 7.80. The first-order valence-corrected chi connectivity index (χ1v) is 8.19. The number of alkyl halides is 2. The summed E-state index contributed by atoms with van der Waals surface area (Å²) >= 11 is 5.25. The minimum absolute atomic E-state index is 0.108. The van der Waals surface area contributed by atoms with Gasteiger partial charge in [-0.05, 0) is 67.0 Å². The third kappa shape index (κ3) is 6.12. The quantitative estimate of drug-likeness (QED) is 0.652. The normalized spacial score (nSPS) is 10.5. The van der Waals surface area contributed by atoms with E-state index in [1.54, 1.807) is 12.1 Å². The van der Waals surface area contributed by atoms with Crippen LogP contribution < -0.4 is 15.4 Å². The fourth-order valence-electron chi connectivity index (χ4n) is 2.15. The Hall–Kier alpha value is -2.21. The molecule has 3 nitrogen and oxygen atoms in total. The number of thiocarbonyl (C=S) groups is 1. The van der Waals surface area contributed by atoms with Crippen LogP contribution in [0.1, 0.15) is 25.3 Å². The van der Waals surface area contributed by atoms with Gasteiger partial charge in [0.25, 0.3) is 0 Å². The fourth-order valence-corrected chi connectivity index (χ4v) is 2.38. The van der Waals surface area contributed by atoms with Crippen molar-refractivity contribution in [2.75, 3.05) is 10.6 Å². The zero-order valence-electron chi connectivity index (χ0n) is 13.4. The van der Waals surface area contributed by atoms with Gasteiger partial charge in [0.15, 0.2) is 5.11 Å². The Labute approximate surface area is 146 Å². The second-order valence-electron chi connectivity index (χ2n) is 5.28. The van der Waals surface area contributed by atoms with Gasteiger partial charge in [0.2, 0.25) is 0 Å². The number of aryl methyl sites for hydroxylation is 1. The minimum atomic E-state index is -2.83. The molecule has 0 aliphatic carbocycles. The van der Waals surface area contributed by atoms with Gasteiger partial charge in [0.05, 0.1) is 0 Å². The summed E-state index contributed by atoms with van der Waals surface area (Å²) in [5.41, 5.74) is 2.88. The van der Waals surface area contributed by atoms with Crippen molar-refractivity contribution in [1.82, 2.24) is 0 Å². The summed E-state index contributed by atoms with van der Waals surface area (Å²) in [6.07, 6.45) is 3.43. The first-order chi connectivity index (χ1) is 11.6. The van der Waals surface area contributed by atoms with E-state index >= 15 is 0 Å². The zero-order valence-corrected chi connectivity index (χ0v) is 14.2. The average Bonchev–Trinajstić information content (AvgIpc) is 2.55. The van der Waals surface area contributed by atoms with Crippen LogP contribution in [0, 0.1) is 0 Å². The van der Waals surface area contributed by atoms with E-state index in [1.165, 1.54) is 30.5 Å². The van der Waals surface area contributed by atoms with Crippen molar-refractivity contribution in [1.29, 1.82) is 0 Å². The van der Waals surface area contributed by atoms with Crippen LogP contribution in [0.2, 0.25) is 0 Å². The number of anilines is 2. The maximum atomic E-state index is 12.1. The smallest absolute Gasteiger partial charge is 0.387 e. The Balaban J connectivity index is 1.86. The van der Waals surface area contributed by atoms with Gasteiger partial charge in [-0.25, -0.2) is 0 Å². The first kappa shape index (κ1) is 18.1. The van der Waals surface area contributed by atoms with Gasteiger partial charge in [-0.2, -0.15) is 8.78 Å². The second kappa shape index (κ2) is 9.17. The Morgan fingerprint density at radius 3 is 2.04 bits per heavy atom. The molecule has 128 valence electrons. The average molecular weight is 350 g/mol. The van der Waals surface area contributed by atoms with E-state index in [-0.39, 0.29) is 5.75 Å². The third-order valence-electron chi connectivity index (χ3n) is 3.37. The molecular formula is C18H20F2N2OS. The molecule has 24 heavy (non-hydrogen) atoms. The first-order valence-electron chi connectivity index (χ1n) is 7.78. The summed E-state index contributed by atoms with van der Waals surface area (Å²) in [6, 6.07) is 14.3. The van der Waals surface area contributed by atoms with E-state index in [9.17, 15) is 8.78 Å². The number of ether oxygens (including phenoxy) is 1. The molecule has 0 amide bonds. The molecule has 2 aromatic carbocycles. The van der Waals surface area contributed by atoms with Crippen LogP contribution in [-0.4, -0.2) is 11.7 Å². The number of rotatable bonds is 7. The van der Waals surface area contributed by atoms with Crippen LogP contribution in [0.25, 0.3) is 0 Å². The lowest BCUT2D eigenvalue weighted by molar-refractivity contribution is -0.0498. The monoisotopic (exact) mass is 350 g/mol. The number of benzene rings is 2. The van der Waals surface area contributed by atoms with Crippen molar-refractivity contribution in [3.05, 3.63) is 54.1 Å². The molecule has 0 radical (unpaired) electrons. The van der Waals surface area contributed by atoms with Gasteiger partial charge in [-0.1, -0.05) is 25.5 Å². The van der Waals surface area contributed by atoms with Gasteiger partial charge in [0.1, 0.15) is 5.75 Å². The van der Waals surface area contributed by atoms with Gasteiger partial charge in [-0.3, -0.25) is 0 Å². The predicted molar refractivity (Wildman–Crippen MR) is 98.0 cm³/mol. The van der Waals surface area contributed by atoms with E-state index in [0.717, 1.165) is 12.1 Å². The van der Waals surface area contributed by atoms with Crippen molar-refractivity contribution in [3.63, 3.8) is 0 Å². The number of unbranched alkanes of at least 4 members (excludes halogenated alkanes) is 1. The minimum Gasteiger partial charge on any atom is -0.435 e. The molecule has 0 saturated carbocycles. The number of nitrogens with one attached hydrogen (secondary N) is 2. The van der Waals surface area contributed by atoms with Gasteiger partial charge in [-0.15, -0.1) is 0 Å². The van der Waals surface area contributed by atoms with Crippen LogP contribution >= 0.6 is 12.2 Å². The molecule has 0 heterocycles. The summed E-state index contributed by atoms with van der Waals surface area (Å²) in [5, 5.41) is 6.52. The molecule has 2 aromatic rings. The third-order valence-corrected chi connectivity index (χ3v) is 3.57. The van der Waals surface area contributed by atoms with Gasteiger partial charge in [0, 0.05) is 11.4 Å². The molecule has 0 atom stereocenters. The number of halogens is 2. The Morgan fingerprint density at radius 2 is 1.54 bits per heavy atom. The SMILES string of the molecule is CCCCc1ccc(NC(=S)Nc2ccc(OC(F)F)cc2)cc1. The van der Waals surface area contributed by atoms with E-state index < -0.39 is 6.61 Å². The molecule has 2 rings (SSSR count). The molecule has 0 spiro atoms. The fraction of sp³-hybridized carbons (Fsp3) is 0.278. The van der Waals surface area contributed by atoms with Crippen LogP contribution in [0.15, 0.2) is 48.5 Å². The van der Waals surface area contributed by atoms with Crippen LogP contribution in [0.4, 0.5) is 20.2 Å². The van der Waals surface area contributed by atoms with E-state index in [0.29, 0.717) is 10.8 Å². The number of hydrogen-bond donors (Lipinski definition) is 2. The molecular weight excluding hydrogens is 330 g/mol. The van der Waals surface area contributed by atoms with E-state index in [2.05, 4.69) is 34.4 Å². The summed E-state index contributed by atoms with van der Waals surface area (Å²) in [5.74, 6) is 0.108. The predicted octanol–water partition coefficient (Wildman–Crippen LogP) is 5.44. The largest absolute Gasteiger partial charge is 0.435 e. The highest BCUT2D eigenvalue weighted by Gasteiger charge is 2.04. The van der Waals surface area contributed by atoms with Crippen molar-refractivity contribution in [2.24, 2.45) is 0 Å². The van der Waals surface area contributed by atoms with Crippen LogP contribution in [0.5, 0.6) is 5.75 Å². The Bertz CT molecular complexity index is 645. The molecule has 2 N–H and O–H groups in total. The second-order valence-corrected chi connectivity index (χ2v) is 5.69. The summed E-state index contributed by atoms with van der Waals surface area (Å²) in [6.45, 7) is -0.654. The highest BCUT2D eigenvalue weighted by atomic mass is 32.1. The van der Waals surface area contributed by atoms with Crippen molar-refractivity contribution in [3.8, 4) is 5.75 Å². The molecule has 0 unspecified atom stereocenters. The topological polar surface area (TPSA) is 33.3 Å². The number of hydrogen-bond acceptors (Lipinski definition) is 2. The molecule has 6 heteroatoms. The van der Waals surface area contributed by atoms with Crippen molar-refractivity contribution in [2.45, 2.75) is 32.8 Å². The maximum absolute atomic E-state index is 12.1. The molecule has 0 aromatic heterocycles. The van der Waals surface area contributed by atoms with Crippen LogP contribution in [-0.2, 0) is 6.42 Å². The Morgan fingerprint density at radius 1 is 1.00 bits per heavy atom. The maximum Gasteiger partial charge on any atom is 0.387 e. The molecule has 0 fully saturated rings. The molecule has 0 saturated heterocycles. The molecule has 0 aliphatic rings. The van der Waals surface area contributed by atoms with E-state index in [4.69, 9.17) is 12.2 Å². The lowest BCUT2D eigenvalue weighted by atomic mass is 10.1. The van der Waals surface area contributed by atoms with Crippen molar-refractivity contribution >= 4 is 28.7 Å². The van der Waals surface area contributed by atoms with Gasteiger partial charge >= 0.3 is 6.61 Å². The molecule has 0 bridgehead atoms. The standard InChI is InChI=1S/C18H20F2N2OS/c1-2-3-4-13-5-7-14(8-6-13)21-18(24)22-15-9-11-16(12-10-15)23-17(19)20/h5-12,17H,2-4H2,1H3,(H2,21,22,24).